The molecule has 162 valence electrons. The number of aromatic amines is 1. The average Bonchev–Trinajstić information content (AvgIpc) is 3.51. The summed E-state index contributed by atoms with van der Waals surface area (Å²) in [5, 5.41) is 1.36. The van der Waals surface area contributed by atoms with E-state index in [9.17, 15) is 0 Å². The second-order valence-electron chi connectivity index (χ2n) is 9.92. The molecule has 2 atom stereocenters. The average molecular weight is 424 g/mol. The van der Waals surface area contributed by atoms with Crippen molar-refractivity contribution in [2.45, 2.75) is 56.8 Å². The van der Waals surface area contributed by atoms with Crippen molar-refractivity contribution in [3.05, 3.63) is 82.9 Å². The molecule has 4 aliphatic rings. The Morgan fingerprint density at radius 1 is 1.03 bits per heavy atom. The van der Waals surface area contributed by atoms with Gasteiger partial charge in [0, 0.05) is 48.2 Å². The smallest absolute Gasteiger partial charge is 0.124 e. The van der Waals surface area contributed by atoms with Crippen LogP contribution in [-0.4, -0.2) is 46.1 Å². The Labute approximate surface area is 189 Å². The molecule has 2 aliphatic carbocycles. The lowest BCUT2D eigenvalue weighted by Gasteiger charge is -2.44. The first kappa shape index (κ1) is 18.6. The van der Waals surface area contributed by atoms with Gasteiger partial charge in [-0.2, -0.15) is 0 Å². The fourth-order valence-corrected chi connectivity index (χ4v) is 5.79. The summed E-state index contributed by atoms with van der Waals surface area (Å²) in [5.74, 6) is 0.990. The molecule has 0 spiro atoms. The highest BCUT2D eigenvalue weighted by molar-refractivity contribution is 5.85. The van der Waals surface area contributed by atoms with Crippen LogP contribution in [0, 0.1) is 0 Å². The Bertz CT molecular complexity index is 1240. The predicted octanol–water partition coefficient (Wildman–Crippen LogP) is 5.17. The first-order valence-corrected chi connectivity index (χ1v) is 12.1. The van der Waals surface area contributed by atoms with Gasteiger partial charge in [0.2, 0.25) is 0 Å². The molecule has 7 rings (SSSR count). The Morgan fingerprint density at radius 2 is 1.81 bits per heavy atom. The molecule has 0 unspecified atom stereocenters. The lowest BCUT2D eigenvalue weighted by atomic mass is 9.87. The van der Waals surface area contributed by atoms with Gasteiger partial charge in [-0.1, -0.05) is 30.3 Å². The summed E-state index contributed by atoms with van der Waals surface area (Å²) in [6, 6.07) is 19.0. The predicted molar refractivity (Wildman–Crippen MR) is 127 cm³/mol. The van der Waals surface area contributed by atoms with E-state index in [1.165, 1.54) is 46.3 Å². The Hall–Kier alpha value is -2.94. The second-order valence-corrected chi connectivity index (χ2v) is 9.92. The second kappa shape index (κ2) is 7.03. The van der Waals surface area contributed by atoms with Crippen molar-refractivity contribution in [1.82, 2.24) is 14.8 Å². The fraction of sp³-hybridized carbons (Fsp3) is 0.393. The van der Waals surface area contributed by atoms with Crippen molar-refractivity contribution >= 4 is 10.9 Å². The van der Waals surface area contributed by atoms with Crippen LogP contribution in [0.4, 0.5) is 0 Å². The van der Waals surface area contributed by atoms with Gasteiger partial charge in [-0.25, -0.2) is 0 Å². The van der Waals surface area contributed by atoms with Crippen LogP contribution >= 0.6 is 0 Å². The highest BCUT2D eigenvalue weighted by atomic mass is 16.5. The number of ether oxygens (including phenoxy) is 1. The molecule has 2 aromatic carbocycles. The van der Waals surface area contributed by atoms with Gasteiger partial charge in [-0.15, -0.1) is 5.73 Å². The minimum absolute atomic E-state index is 0.181. The van der Waals surface area contributed by atoms with Gasteiger partial charge in [0.25, 0.3) is 0 Å². The number of hydrogen-bond donors (Lipinski definition) is 1. The summed E-state index contributed by atoms with van der Waals surface area (Å²) in [7, 11) is 0. The van der Waals surface area contributed by atoms with Crippen LogP contribution in [0.15, 0.2) is 66.0 Å². The highest BCUT2D eigenvalue weighted by Crippen LogP contribution is 2.44. The molecule has 3 aromatic rings. The van der Waals surface area contributed by atoms with Crippen LogP contribution in [0.1, 0.15) is 49.0 Å². The lowest BCUT2D eigenvalue weighted by molar-refractivity contribution is 0.0143. The number of H-pyrrole nitrogens is 1. The van der Waals surface area contributed by atoms with E-state index in [2.05, 4.69) is 82.0 Å². The topological polar surface area (TPSA) is 31.5 Å². The molecule has 3 heterocycles. The van der Waals surface area contributed by atoms with E-state index in [4.69, 9.17) is 4.74 Å². The molecule has 1 saturated heterocycles. The molecule has 4 nitrogen and oxygen atoms in total. The summed E-state index contributed by atoms with van der Waals surface area (Å²) in [5.41, 5.74) is 10.1. The monoisotopic (exact) mass is 423 g/mol. The van der Waals surface area contributed by atoms with Crippen LogP contribution in [0.5, 0.6) is 5.75 Å². The van der Waals surface area contributed by atoms with Crippen LogP contribution in [0.2, 0.25) is 0 Å². The van der Waals surface area contributed by atoms with E-state index in [0.717, 1.165) is 37.7 Å². The maximum absolute atomic E-state index is 6.26. The zero-order valence-electron chi connectivity index (χ0n) is 18.6. The number of aromatic nitrogens is 1. The first-order valence-electron chi connectivity index (χ1n) is 12.1. The first-order chi connectivity index (χ1) is 15.7. The minimum Gasteiger partial charge on any atom is -0.488 e. The number of para-hydroxylation sites is 1. The lowest BCUT2D eigenvalue weighted by Crippen LogP contribution is -2.54. The molecule has 0 amide bonds. The number of hydrogen-bond acceptors (Lipinski definition) is 3. The van der Waals surface area contributed by atoms with E-state index in [1.54, 1.807) is 0 Å². The minimum atomic E-state index is 0.181. The highest BCUT2D eigenvalue weighted by Gasteiger charge is 2.39. The number of likely N-dealkylation sites (tertiary alicyclic amines) is 1. The third kappa shape index (κ3) is 2.94. The van der Waals surface area contributed by atoms with Crippen LogP contribution in [0.3, 0.4) is 0 Å². The van der Waals surface area contributed by atoms with Gasteiger partial charge < -0.3 is 14.6 Å². The fourth-order valence-electron chi connectivity index (χ4n) is 5.79. The molecular formula is C28H29N3O. The number of nitrogens with zero attached hydrogens (tertiary/aromatic N) is 2. The summed E-state index contributed by atoms with van der Waals surface area (Å²) in [6.07, 6.45) is 7.30. The van der Waals surface area contributed by atoms with Crippen molar-refractivity contribution in [1.29, 1.82) is 0 Å². The molecule has 4 heteroatoms. The van der Waals surface area contributed by atoms with Crippen LogP contribution in [0.25, 0.3) is 10.9 Å². The van der Waals surface area contributed by atoms with E-state index >= 15 is 0 Å². The molecule has 2 aliphatic heterocycles. The molecular weight excluding hydrogens is 394 g/mol. The summed E-state index contributed by atoms with van der Waals surface area (Å²) < 4.78 is 6.26. The van der Waals surface area contributed by atoms with E-state index in [0.29, 0.717) is 12.1 Å². The molecule has 0 bridgehead atoms. The zero-order valence-corrected chi connectivity index (χ0v) is 18.6. The number of nitrogens with one attached hydrogen (secondary N) is 1. The van der Waals surface area contributed by atoms with Gasteiger partial charge >= 0.3 is 0 Å². The standard InChI is InChI=1S/C28H29N3O/c1-18-15-25-24-7-2-3-8-26(24)29-27(25)28(31(18)21-5-4-6-21)19-9-13-22(14-10-19)32-23-16-30(17-23)20-11-12-20/h2-4,7-10,13-14,18,20,23,28-29H,5,11-12,15-17H2,1H3/t18-,28-/m1/s1. The molecule has 1 saturated carbocycles. The van der Waals surface area contributed by atoms with E-state index in [-0.39, 0.29) is 6.04 Å². The Morgan fingerprint density at radius 3 is 2.53 bits per heavy atom. The molecule has 2 fully saturated rings. The van der Waals surface area contributed by atoms with Crippen LogP contribution < -0.4 is 4.74 Å². The Kier molecular flexibility index (Phi) is 4.09. The van der Waals surface area contributed by atoms with Gasteiger partial charge in [0.1, 0.15) is 11.9 Å². The quantitative estimate of drug-likeness (QED) is 0.575. The van der Waals surface area contributed by atoms with Crippen LogP contribution in [-0.2, 0) is 6.42 Å². The SMILES string of the molecule is C[C@@H]1Cc2c([nH]c3ccccc23)[C@@H](c2ccc(OC3CN(C4CC4)C3)cc2)N1C1=C=CC1. The number of rotatable bonds is 5. The van der Waals surface area contributed by atoms with Gasteiger partial charge in [0.15, 0.2) is 0 Å². The maximum atomic E-state index is 6.26. The van der Waals surface area contributed by atoms with Gasteiger partial charge in [0.05, 0.1) is 11.7 Å². The summed E-state index contributed by atoms with van der Waals surface area (Å²) in [6.45, 7) is 4.52. The van der Waals surface area contributed by atoms with Crippen molar-refractivity contribution in [3.8, 4) is 5.75 Å². The molecule has 0 radical (unpaired) electrons. The van der Waals surface area contributed by atoms with Gasteiger partial charge in [-0.3, -0.25) is 4.90 Å². The normalized spacial score (nSPS) is 25.3. The zero-order chi connectivity index (χ0) is 21.2. The third-order valence-corrected chi connectivity index (χ3v) is 7.69. The van der Waals surface area contributed by atoms with E-state index < -0.39 is 0 Å². The van der Waals surface area contributed by atoms with E-state index in [1.807, 2.05) is 0 Å². The molecule has 1 aromatic heterocycles. The van der Waals surface area contributed by atoms with Crippen molar-refractivity contribution in [2.24, 2.45) is 0 Å². The maximum Gasteiger partial charge on any atom is 0.124 e. The summed E-state index contributed by atoms with van der Waals surface area (Å²) >= 11 is 0. The summed E-state index contributed by atoms with van der Waals surface area (Å²) in [4.78, 5) is 8.90. The largest absolute Gasteiger partial charge is 0.488 e. The van der Waals surface area contributed by atoms with Gasteiger partial charge in [-0.05, 0) is 61.6 Å². The van der Waals surface area contributed by atoms with Crippen molar-refractivity contribution in [2.75, 3.05) is 13.1 Å². The molecule has 1 N–H and O–H groups in total. The third-order valence-electron chi connectivity index (χ3n) is 7.69. The number of benzene rings is 2. The Balaban J connectivity index is 1.22. The van der Waals surface area contributed by atoms with Crippen molar-refractivity contribution < 1.29 is 4.74 Å². The number of fused-ring (bicyclic) bond motifs is 3. The van der Waals surface area contributed by atoms with Crippen molar-refractivity contribution in [3.63, 3.8) is 0 Å². The molecule has 32 heavy (non-hydrogen) atoms.